The smallest absolute Gasteiger partial charge is 0.227 e. The minimum atomic E-state index is -0.511. The van der Waals surface area contributed by atoms with Gasteiger partial charge in [-0.15, -0.1) is 12.4 Å². The number of benzene rings is 1. The fourth-order valence-electron chi connectivity index (χ4n) is 2.59. The normalized spacial score (nSPS) is 15.6. The summed E-state index contributed by atoms with van der Waals surface area (Å²) in [7, 11) is 0. The van der Waals surface area contributed by atoms with E-state index in [0.717, 1.165) is 6.42 Å². The number of nitrogens with two attached hydrogens (primary N) is 1. The molecule has 2 rings (SSSR count). The van der Waals surface area contributed by atoms with Gasteiger partial charge in [0.2, 0.25) is 5.91 Å². The number of aryl methyl sites for hydroxylation is 2. The van der Waals surface area contributed by atoms with Gasteiger partial charge in [-0.25, -0.2) is 0 Å². The Morgan fingerprint density at radius 1 is 1.29 bits per heavy atom. The average molecular weight is 311 g/mol. The summed E-state index contributed by atoms with van der Waals surface area (Å²) >= 11 is 0. The van der Waals surface area contributed by atoms with Crippen LogP contribution in [0.15, 0.2) is 18.2 Å². The van der Waals surface area contributed by atoms with Gasteiger partial charge in [-0.2, -0.15) is 0 Å². The highest BCUT2D eigenvalue weighted by molar-refractivity contribution is 5.85. The van der Waals surface area contributed by atoms with Crippen LogP contribution in [0.2, 0.25) is 0 Å². The number of fused-ring (bicyclic) bond motifs is 1. The molecule has 0 bridgehead atoms. The van der Waals surface area contributed by atoms with E-state index in [1.807, 2.05) is 20.8 Å². The van der Waals surface area contributed by atoms with Crippen molar-refractivity contribution >= 4 is 18.3 Å². The van der Waals surface area contributed by atoms with E-state index in [1.165, 1.54) is 36.0 Å². The van der Waals surface area contributed by atoms with Crippen LogP contribution in [0.25, 0.3) is 0 Å². The van der Waals surface area contributed by atoms with Crippen molar-refractivity contribution in [3.63, 3.8) is 0 Å². The maximum absolute atomic E-state index is 12.2. The second-order valence-electron chi connectivity index (χ2n) is 6.52. The van der Waals surface area contributed by atoms with Crippen molar-refractivity contribution in [2.24, 2.45) is 11.1 Å². The van der Waals surface area contributed by atoms with Crippen LogP contribution in [0.5, 0.6) is 0 Å². The van der Waals surface area contributed by atoms with Gasteiger partial charge in [0, 0.05) is 6.54 Å². The van der Waals surface area contributed by atoms with Gasteiger partial charge in [0.25, 0.3) is 0 Å². The quantitative estimate of drug-likeness (QED) is 0.897. The van der Waals surface area contributed by atoms with Gasteiger partial charge in [0.1, 0.15) is 0 Å². The SMILES string of the molecule is CC(NC(=O)C(C)(C)CN)c1ccc2c(c1)CCCC2.Cl. The lowest BCUT2D eigenvalue weighted by Gasteiger charge is -2.25. The topological polar surface area (TPSA) is 55.1 Å². The number of nitrogens with one attached hydrogen (secondary N) is 1. The first kappa shape index (κ1) is 18.0. The molecular formula is C17H27ClN2O. The number of rotatable bonds is 4. The molecule has 21 heavy (non-hydrogen) atoms. The number of carbonyl (C=O) groups excluding carboxylic acids is 1. The first-order chi connectivity index (χ1) is 9.44. The van der Waals surface area contributed by atoms with Crippen molar-refractivity contribution < 1.29 is 4.79 Å². The molecule has 1 aliphatic rings. The van der Waals surface area contributed by atoms with Crippen LogP contribution in [-0.4, -0.2) is 12.5 Å². The van der Waals surface area contributed by atoms with Crippen molar-refractivity contribution in [1.29, 1.82) is 0 Å². The lowest BCUT2D eigenvalue weighted by atomic mass is 9.88. The predicted molar refractivity (Wildman–Crippen MR) is 89.7 cm³/mol. The third kappa shape index (κ3) is 4.21. The van der Waals surface area contributed by atoms with Gasteiger partial charge in [0.05, 0.1) is 11.5 Å². The van der Waals surface area contributed by atoms with Crippen molar-refractivity contribution in [2.45, 2.75) is 52.5 Å². The molecule has 4 heteroatoms. The number of halogens is 1. The molecule has 3 N–H and O–H groups in total. The molecular weight excluding hydrogens is 284 g/mol. The molecule has 1 unspecified atom stereocenters. The van der Waals surface area contributed by atoms with Crippen molar-refractivity contribution in [3.05, 3.63) is 34.9 Å². The lowest BCUT2D eigenvalue weighted by Crippen LogP contribution is -2.42. The zero-order valence-electron chi connectivity index (χ0n) is 13.2. The molecule has 0 radical (unpaired) electrons. The molecule has 0 aliphatic heterocycles. The summed E-state index contributed by atoms with van der Waals surface area (Å²) in [5.41, 5.74) is 9.25. The zero-order chi connectivity index (χ0) is 14.8. The van der Waals surface area contributed by atoms with E-state index in [1.54, 1.807) is 0 Å². The van der Waals surface area contributed by atoms with Crippen LogP contribution < -0.4 is 11.1 Å². The second-order valence-corrected chi connectivity index (χ2v) is 6.52. The minimum absolute atomic E-state index is 0. The summed E-state index contributed by atoms with van der Waals surface area (Å²) in [6.45, 7) is 6.15. The fourth-order valence-corrected chi connectivity index (χ4v) is 2.59. The summed E-state index contributed by atoms with van der Waals surface area (Å²) in [5.74, 6) is 0.0187. The minimum Gasteiger partial charge on any atom is -0.349 e. The number of hydrogen-bond acceptors (Lipinski definition) is 2. The first-order valence-corrected chi connectivity index (χ1v) is 7.57. The molecule has 0 saturated heterocycles. The van der Waals surface area contributed by atoms with Crippen LogP contribution in [-0.2, 0) is 17.6 Å². The predicted octanol–water partition coefficient (Wildman–Crippen LogP) is 3.15. The number of carbonyl (C=O) groups is 1. The highest BCUT2D eigenvalue weighted by Gasteiger charge is 2.27. The Kier molecular flexibility index (Phi) is 6.24. The Bertz CT molecular complexity index is 500. The molecule has 0 heterocycles. The Balaban J connectivity index is 0.00000220. The summed E-state index contributed by atoms with van der Waals surface area (Å²) in [4.78, 5) is 12.2. The standard InChI is InChI=1S/C17H26N2O.ClH/c1-12(19-16(20)17(2,3)11-18)14-9-8-13-6-4-5-7-15(13)10-14;/h8-10,12H,4-7,11,18H2,1-3H3,(H,19,20);1H. The van der Waals surface area contributed by atoms with Crippen LogP contribution in [0.1, 0.15) is 56.3 Å². The monoisotopic (exact) mass is 310 g/mol. The highest BCUT2D eigenvalue weighted by atomic mass is 35.5. The Morgan fingerprint density at radius 3 is 2.52 bits per heavy atom. The Morgan fingerprint density at radius 2 is 1.90 bits per heavy atom. The van der Waals surface area contributed by atoms with E-state index in [0.29, 0.717) is 6.54 Å². The molecule has 118 valence electrons. The average Bonchev–Trinajstić information content (AvgIpc) is 2.46. The van der Waals surface area contributed by atoms with Crippen LogP contribution in [0.3, 0.4) is 0 Å². The van der Waals surface area contributed by atoms with E-state index in [2.05, 4.69) is 23.5 Å². The molecule has 1 aromatic carbocycles. The zero-order valence-corrected chi connectivity index (χ0v) is 14.1. The summed E-state index contributed by atoms with van der Waals surface area (Å²) in [6, 6.07) is 6.65. The molecule has 0 aromatic heterocycles. The van der Waals surface area contributed by atoms with Gasteiger partial charge in [-0.05, 0) is 63.1 Å². The van der Waals surface area contributed by atoms with Crippen LogP contribution in [0.4, 0.5) is 0 Å². The van der Waals surface area contributed by atoms with E-state index in [4.69, 9.17) is 5.73 Å². The van der Waals surface area contributed by atoms with E-state index in [-0.39, 0.29) is 24.4 Å². The number of amides is 1. The third-order valence-corrected chi connectivity index (χ3v) is 4.35. The van der Waals surface area contributed by atoms with Gasteiger partial charge in [0.15, 0.2) is 0 Å². The largest absolute Gasteiger partial charge is 0.349 e. The molecule has 3 nitrogen and oxygen atoms in total. The van der Waals surface area contributed by atoms with Crippen molar-refractivity contribution in [3.8, 4) is 0 Å². The fraction of sp³-hybridized carbons (Fsp3) is 0.588. The van der Waals surface area contributed by atoms with Gasteiger partial charge in [-0.1, -0.05) is 18.2 Å². The van der Waals surface area contributed by atoms with Crippen LogP contribution in [0, 0.1) is 5.41 Å². The second kappa shape index (κ2) is 7.28. The summed E-state index contributed by atoms with van der Waals surface area (Å²) in [6.07, 6.45) is 4.93. The van der Waals surface area contributed by atoms with E-state index >= 15 is 0 Å². The molecule has 1 aliphatic carbocycles. The molecule has 1 atom stereocenters. The third-order valence-electron chi connectivity index (χ3n) is 4.35. The summed E-state index contributed by atoms with van der Waals surface area (Å²) < 4.78 is 0. The van der Waals surface area contributed by atoms with E-state index < -0.39 is 5.41 Å². The van der Waals surface area contributed by atoms with Crippen LogP contribution >= 0.6 is 12.4 Å². The molecule has 0 spiro atoms. The molecule has 1 amide bonds. The van der Waals surface area contributed by atoms with Gasteiger partial charge >= 0.3 is 0 Å². The van der Waals surface area contributed by atoms with E-state index in [9.17, 15) is 4.79 Å². The van der Waals surface area contributed by atoms with Crippen molar-refractivity contribution in [1.82, 2.24) is 5.32 Å². The molecule has 1 aromatic rings. The van der Waals surface area contributed by atoms with Gasteiger partial charge < -0.3 is 11.1 Å². The Labute approximate surface area is 134 Å². The van der Waals surface area contributed by atoms with Gasteiger partial charge in [-0.3, -0.25) is 4.79 Å². The number of hydrogen-bond donors (Lipinski definition) is 2. The van der Waals surface area contributed by atoms with Crippen molar-refractivity contribution in [2.75, 3.05) is 6.54 Å². The Hall–Kier alpha value is -1.06. The summed E-state index contributed by atoms with van der Waals surface area (Å²) in [5, 5.41) is 3.08. The maximum atomic E-state index is 12.2. The molecule has 0 fully saturated rings. The highest BCUT2D eigenvalue weighted by Crippen LogP contribution is 2.25. The lowest BCUT2D eigenvalue weighted by molar-refractivity contribution is -0.129. The molecule has 0 saturated carbocycles. The maximum Gasteiger partial charge on any atom is 0.227 e. The first-order valence-electron chi connectivity index (χ1n) is 7.57.